The lowest BCUT2D eigenvalue weighted by atomic mass is 10.7. The van der Waals surface area contributed by atoms with Crippen LogP contribution in [0.2, 0.25) is 0 Å². The summed E-state index contributed by atoms with van der Waals surface area (Å²) < 4.78 is 52.1. The second-order valence-corrected chi connectivity index (χ2v) is 0.842. The molecular weight excluding hydrogens is 119 g/mol. The van der Waals surface area contributed by atoms with Crippen LogP contribution in [-0.2, 0) is 0 Å². The fourth-order valence-electron chi connectivity index (χ4n) is 0. The number of rotatable bonds is 0. The molecule has 7 heavy (non-hydrogen) atoms. The molecule has 0 N–H and O–H groups in total. The van der Waals surface area contributed by atoms with Crippen molar-refractivity contribution in [1.29, 1.82) is 0 Å². The van der Waals surface area contributed by atoms with Gasteiger partial charge in [0.2, 0.25) is 0 Å². The summed E-state index contributed by atoms with van der Waals surface area (Å²) in [5, 5.41) is 0. The van der Waals surface area contributed by atoms with Crippen molar-refractivity contribution in [2.75, 3.05) is 0 Å². The Morgan fingerprint density at radius 3 is 1.14 bits per heavy atom. The Balaban J connectivity index is 3.54. The van der Waals surface area contributed by atoms with Crippen LogP contribution in [-0.4, -0.2) is 12.6 Å². The van der Waals surface area contributed by atoms with Crippen molar-refractivity contribution < 1.29 is 22.0 Å². The van der Waals surface area contributed by atoms with Gasteiger partial charge in [0, 0.05) is 0 Å². The Labute approximate surface area is 35.9 Å². The number of halogens is 5. The molecule has 0 amide bonds. The Morgan fingerprint density at radius 2 is 1.14 bits per heavy atom. The van der Waals surface area contributed by atoms with E-state index in [9.17, 15) is 22.0 Å². The molecular formula is C2HF5. The van der Waals surface area contributed by atoms with Gasteiger partial charge in [0.15, 0.2) is 0 Å². The first-order chi connectivity index (χ1) is 2.94. The van der Waals surface area contributed by atoms with E-state index in [1.165, 1.54) is 0 Å². The zero-order valence-corrected chi connectivity index (χ0v) is 2.97. The summed E-state index contributed by atoms with van der Waals surface area (Å²) in [5.74, 6) is 0. The fraction of sp³-hybridized carbons (Fsp3) is 1.00. The average Bonchev–Trinajstić information content (AvgIpc) is 1.31. The van der Waals surface area contributed by atoms with E-state index in [2.05, 4.69) is 0 Å². The zero-order valence-electron chi connectivity index (χ0n) is 2.97. The maximum absolute atomic E-state index is 10.4. The molecule has 0 nitrogen and oxygen atoms in total. The van der Waals surface area contributed by atoms with E-state index in [0.29, 0.717) is 0 Å². The van der Waals surface area contributed by atoms with E-state index in [1.807, 2.05) is 0 Å². The van der Waals surface area contributed by atoms with E-state index >= 15 is 0 Å². The van der Waals surface area contributed by atoms with E-state index in [0.717, 1.165) is 0 Å². The summed E-state index contributed by atoms with van der Waals surface area (Å²) in [6.07, 6.45) is -9.53. The summed E-state index contributed by atoms with van der Waals surface area (Å²) >= 11 is 0. The van der Waals surface area contributed by atoms with Gasteiger partial charge in [-0.15, -0.1) is 0 Å². The third kappa shape index (κ3) is 2.36. The Hall–Kier alpha value is -0.350. The molecule has 0 spiro atoms. The molecule has 0 radical (unpaired) electrons. The Morgan fingerprint density at radius 1 is 1.00 bits per heavy atom. The molecule has 0 unspecified atom stereocenters. The molecule has 0 heterocycles. The van der Waals surface area contributed by atoms with Gasteiger partial charge in [0.25, 0.3) is 0 Å². The molecule has 0 bridgehead atoms. The highest BCUT2D eigenvalue weighted by atomic mass is 19.4. The second-order valence-electron chi connectivity index (χ2n) is 0.842. The lowest BCUT2D eigenvalue weighted by Gasteiger charge is -2.00. The molecule has 0 saturated heterocycles. The van der Waals surface area contributed by atoms with Gasteiger partial charge in [-0.3, -0.25) is 0 Å². The van der Waals surface area contributed by atoms with Crippen LogP contribution < -0.4 is 0 Å². The van der Waals surface area contributed by atoms with Crippen LogP contribution in [0.5, 0.6) is 0 Å². The smallest absolute Gasteiger partial charge is 0.200 e. The van der Waals surface area contributed by atoms with Crippen LogP contribution in [0.25, 0.3) is 0 Å². The first kappa shape index (κ1) is 6.65. The van der Waals surface area contributed by atoms with Crippen LogP contribution in [0.3, 0.4) is 0 Å². The first-order valence-electron chi connectivity index (χ1n) is 1.29. The third-order valence-corrected chi connectivity index (χ3v) is 0.247. The molecule has 0 aromatic rings. The topological polar surface area (TPSA) is 0 Å². The van der Waals surface area contributed by atoms with Crippen molar-refractivity contribution >= 4 is 0 Å². The van der Waals surface area contributed by atoms with Crippen molar-refractivity contribution in [2.24, 2.45) is 0 Å². The number of hydrogen-bond donors (Lipinski definition) is 0. The van der Waals surface area contributed by atoms with Crippen molar-refractivity contribution in [1.82, 2.24) is 0 Å². The Bertz CT molecular complexity index is 51.6. The van der Waals surface area contributed by atoms with Crippen molar-refractivity contribution in [3.63, 3.8) is 0 Å². The van der Waals surface area contributed by atoms with E-state index in [-0.39, 0.29) is 0 Å². The molecule has 0 atom stereocenters. The molecule has 5 heteroatoms. The molecule has 0 aliphatic rings. The van der Waals surface area contributed by atoms with Gasteiger partial charge < -0.3 is 0 Å². The minimum atomic E-state index is -5.33. The van der Waals surface area contributed by atoms with Crippen molar-refractivity contribution in [2.45, 2.75) is 12.6 Å². The molecule has 0 aliphatic heterocycles. The van der Waals surface area contributed by atoms with Crippen LogP contribution in [0, 0.1) is 0 Å². The maximum Gasteiger partial charge on any atom is 0.450 e. The van der Waals surface area contributed by atoms with Gasteiger partial charge in [-0.2, -0.15) is 13.2 Å². The quantitative estimate of drug-likeness (QED) is 0.427. The first-order valence-corrected chi connectivity index (χ1v) is 1.29. The molecule has 0 saturated carbocycles. The van der Waals surface area contributed by atoms with Crippen LogP contribution >= 0.6 is 0 Å². The molecule has 0 fully saturated rings. The van der Waals surface area contributed by atoms with Gasteiger partial charge in [-0.1, -0.05) is 0 Å². The normalized spacial score (nSPS) is 12.9. The summed E-state index contributed by atoms with van der Waals surface area (Å²) in [4.78, 5) is 0. The van der Waals surface area contributed by atoms with Gasteiger partial charge in [-0.25, -0.2) is 8.78 Å². The van der Waals surface area contributed by atoms with Crippen molar-refractivity contribution in [3.05, 3.63) is 0 Å². The van der Waals surface area contributed by atoms with E-state index in [4.69, 9.17) is 0 Å². The lowest BCUT2D eigenvalue weighted by molar-refractivity contribution is -0.219. The monoisotopic (exact) mass is 120 g/mol. The summed E-state index contributed by atoms with van der Waals surface area (Å²) in [5.41, 5.74) is 0. The predicted molar refractivity (Wildman–Crippen MR) is 12.1 cm³/mol. The minimum Gasteiger partial charge on any atom is -0.200 e. The van der Waals surface area contributed by atoms with Crippen LogP contribution in [0.15, 0.2) is 0 Å². The number of alkyl halides is 5. The largest absolute Gasteiger partial charge is 0.450 e. The standard InChI is InChI=1S/C2HF5/c3-1(4)2(5,6)7/h1H. The summed E-state index contributed by atoms with van der Waals surface area (Å²) in [6.45, 7) is 0. The zero-order chi connectivity index (χ0) is 6.08. The second kappa shape index (κ2) is 1.63. The lowest BCUT2D eigenvalue weighted by Crippen LogP contribution is -2.18. The van der Waals surface area contributed by atoms with Crippen LogP contribution in [0.4, 0.5) is 22.0 Å². The minimum absolute atomic E-state index is 4.20. The van der Waals surface area contributed by atoms with Gasteiger partial charge >= 0.3 is 12.6 Å². The van der Waals surface area contributed by atoms with E-state index < -0.39 is 12.6 Å². The molecule has 44 valence electrons. The predicted octanol–water partition coefficient (Wildman–Crippen LogP) is 1.81. The maximum atomic E-state index is 10.4. The molecule has 0 aliphatic carbocycles. The summed E-state index contributed by atoms with van der Waals surface area (Å²) in [6, 6.07) is 0. The highest BCUT2D eigenvalue weighted by molar-refractivity contribution is 4.48. The van der Waals surface area contributed by atoms with Gasteiger partial charge in [0.05, 0.1) is 0 Å². The molecule has 0 aromatic carbocycles. The highest BCUT2D eigenvalue weighted by Gasteiger charge is 2.40. The van der Waals surface area contributed by atoms with E-state index in [1.54, 1.807) is 0 Å². The fourth-order valence-corrected chi connectivity index (χ4v) is 0. The average molecular weight is 120 g/mol. The molecule has 0 rings (SSSR count). The van der Waals surface area contributed by atoms with Crippen LogP contribution in [0.1, 0.15) is 0 Å². The Kier molecular flexibility index (Phi) is 1.55. The SMILES string of the molecule is FC(F)C(F)(F)F. The third-order valence-electron chi connectivity index (χ3n) is 0.247. The van der Waals surface area contributed by atoms with Gasteiger partial charge in [-0.05, 0) is 0 Å². The summed E-state index contributed by atoms with van der Waals surface area (Å²) in [7, 11) is 0. The van der Waals surface area contributed by atoms with Crippen molar-refractivity contribution in [3.8, 4) is 0 Å². The molecule has 0 aromatic heterocycles. The highest BCUT2D eigenvalue weighted by Crippen LogP contribution is 2.22. The number of hydrogen-bond acceptors (Lipinski definition) is 0. The van der Waals surface area contributed by atoms with Gasteiger partial charge in [0.1, 0.15) is 0 Å².